The molecule has 0 bridgehead atoms. The molecule has 0 aliphatic heterocycles. The van der Waals surface area contributed by atoms with Crippen molar-refractivity contribution in [2.75, 3.05) is 0 Å². The number of rotatable bonds is 4. The van der Waals surface area contributed by atoms with Crippen LogP contribution in [0, 0.1) is 0 Å². The Morgan fingerprint density at radius 1 is 0.756 bits per heavy atom. The summed E-state index contributed by atoms with van der Waals surface area (Å²) in [7, 11) is 0. The number of aryl methyl sites for hydroxylation is 1. The second kappa shape index (κ2) is 8.85. The Morgan fingerprint density at radius 3 is 2.07 bits per heavy atom. The highest BCUT2D eigenvalue weighted by atomic mass is 14.8. The van der Waals surface area contributed by atoms with Crippen molar-refractivity contribution >= 4 is 22.2 Å². The van der Waals surface area contributed by atoms with Crippen molar-refractivity contribution in [1.29, 1.82) is 0 Å². The highest BCUT2D eigenvalue weighted by molar-refractivity contribution is 6.04. The third kappa shape index (κ3) is 3.70. The maximum absolute atomic E-state index is 4.99. The first kappa shape index (κ1) is 25.7. The highest BCUT2D eigenvalue weighted by Crippen LogP contribution is 2.56. The van der Waals surface area contributed by atoms with Crippen molar-refractivity contribution in [2.24, 2.45) is 4.99 Å². The summed E-state index contributed by atoms with van der Waals surface area (Å²) in [5, 5.41) is 2.22. The summed E-state index contributed by atoms with van der Waals surface area (Å²) in [5.41, 5.74) is 16.3. The van der Waals surface area contributed by atoms with E-state index in [2.05, 4.69) is 120 Å². The zero-order valence-electron chi connectivity index (χ0n) is 24.9. The molecule has 0 spiro atoms. The van der Waals surface area contributed by atoms with E-state index in [0.29, 0.717) is 0 Å². The SMILES string of the molecule is C=C(N=C(C)c1ccc2c(c1)C(C)(C)c1cc3c(cc1-2)C(C)(C)c1cc(CC)ccc1-3)c1cccc2ccncc12. The van der Waals surface area contributed by atoms with Crippen LogP contribution in [-0.2, 0) is 17.3 Å². The minimum atomic E-state index is -0.107. The molecule has 1 aromatic heterocycles. The summed E-state index contributed by atoms with van der Waals surface area (Å²) in [4.78, 5) is 9.32. The smallest absolute Gasteiger partial charge is 0.0640 e. The molecular weight excluding hydrogens is 496 g/mol. The van der Waals surface area contributed by atoms with E-state index < -0.39 is 0 Å². The van der Waals surface area contributed by atoms with Gasteiger partial charge in [0.05, 0.1) is 5.70 Å². The minimum Gasteiger partial charge on any atom is -0.264 e. The van der Waals surface area contributed by atoms with E-state index in [1.807, 2.05) is 18.5 Å². The van der Waals surface area contributed by atoms with Crippen LogP contribution in [0.2, 0.25) is 0 Å². The molecule has 41 heavy (non-hydrogen) atoms. The molecule has 0 atom stereocenters. The normalized spacial score (nSPS) is 15.8. The van der Waals surface area contributed by atoms with E-state index in [9.17, 15) is 0 Å². The molecule has 0 fully saturated rings. The van der Waals surface area contributed by atoms with Gasteiger partial charge in [-0.3, -0.25) is 9.98 Å². The van der Waals surface area contributed by atoms with Gasteiger partial charge in [0.25, 0.3) is 0 Å². The topological polar surface area (TPSA) is 25.2 Å². The Labute approximate surface area is 243 Å². The van der Waals surface area contributed by atoms with Crippen molar-refractivity contribution in [3.63, 3.8) is 0 Å². The van der Waals surface area contributed by atoms with Gasteiger partial charge < -0.3 is 0 Å². The van der Waals surface area contributed by atoms with Crippen LogP contribution in [0.1, 0.15) is 80.5 Å². The molecule has 2 aliphatic carbocycles. The number of hydrogen-bond donors (Lipinski definition) is 0. The third-order valence-electron chi connectivity index (χ3n) is 9.66. The first-order valence-corrected chi connectivity index (χ1v) is 14.7. The highest BCUT2D eigenvalue weighted by Gasteiger charge is 2.41. The fraction of sp³-hybridized carbons (Fsp3) is 0.231. The van der Waals surface area contributed by atoms with E-state index in [4.69, 9.17) is 4.99 Å². The zero-order valence-corrected chi connectivity index (χ0v) is 24.9. The predicted molar refractivity (Wildman–Crippen MR) is 174 cm³/mol. The van der Waals surface area contributed by atoms with E-state index in [-0.39, 0.29) is 10.8 Å². The van der Waals surface area contributed by atoms with Crippen LogP contribution in [0.3, 0.4) is 0 Å². The fourth-order valence-electron chi connectivity index (χ4n) is 7.15. The van der Waals surface area contributed by atoms with Crippen molar-refractivity contribution in [3.8, 4) is 22.3 Å². The van der Waals surface area contributed by atoms with Crippen LogP contribution in [0.25, 0.3) is 38.7 Å². The molecule has 0 saturated carbocycles. The number of aromatic nitrogens is 1. The molecule has 0 N–H and O–H groups in total. The number of aliphatic imine (C=N–C) groups is 1. The lowest BCUT2D eigenvalue weighted by atomic mass is 9.79. The van der Waals surface area contributed by atoms with Crippen molar-refractivity contribution in [3.05, 3.63) is 131 Å². The van der Waals surface area contributed by atoms with Crippen molar-refractivity contribution < 1.29 is 0 Å². The van der Waals surface area contributed by atoms with Crippen LogP contribution >= 0.6 is 0 Å². The zero-order chi connectivity index (χ0) is 28.7. The van der Waals surface area contributed by atoms with E-state index in [1.165, 1.54) is 50.1 Å². The number of hydrogen-bond acceptors (Lipinski definition) is 2. The molecule has 7 rings (SSSR count). The molecule has 5 aromatic rings. The van der Waals surface area contributed by atoms with Gasteiger partial charge in [0, 0.05) is 39.9 Å². The summed E-state index contributed by atoms with van der Waals surface area (Å²) in [5.74, 6) is 0. The van der Waals surface area contributed by atoms with Gasteiger partial charge in [0.15, 0.2) is 0 Å². The maximum atomic E-state index is 4.99. The molecule has 1 heterocycles. The Balaban J connectivity index is 1.29. The van der Waals surface area contributed by atoms with Gasteiger partial charge in [-0.2, -0.15) is 0 Å². The van der Waals surface area contributed by atoms with Crippen molar-refractivity contribution in [1.82, 2.24) is 4.98 Å². The minimum absolute atomic E-state index is 0.0154. The summed E-state index contributed by atoms with van der Waals surface area (Å²) in [6.07, 6.45) is 4.79. The Hall–Kier alpha value is -4.30. The molecule has 2 heteroatoms. The molecule has 0 amide bonds. The lowest BCUT2D eigenvalue weighted by molar-refractivity contribution is 0.651. The summed E-state index contributed by atoms with van der Waals surface area (Å²) >= 11 is 0. The van der Waals surface area contributed by atoms with Crippen LogP contribution < -0.4 is 0 Å². The molecule has 0 radical (unpaired) electrons. The first-order valence-electron chi connectivity index (χ1n) is 14.7. The van der Waals surface area contributed by atoms with Gasteiger partial charge in [-0.1, -0.05) is 89.7 Å². The molecule has 202 valence electrons. The number of fused-ring (bicyclic) bond motifs is 7. The summed E-state index contributed by atoms with van der Waals surface area (Å²) in [6, 6.07) is 27.2. The van der Waals surface area contributed by atoms with Gasteiger partial charge in [-0.25, -0.2) is 0 Å². The summed E-state index contributed by atoms with van der Waals surface area (Å²) < 4.78 is 0. The first-order chi connectivity index (χ1) is 19.6. The standard InChI is InChI=1S/C39H36N2/c1-8-25-12-14-29-31-20-37-32(21-36(31)38(4,5)34(29)18-25)30-15-13-27(19-35(30)39(37,6)7)23(2)41-24(3)28-11-9-10-26-16-17-40-22-33(26)28/h9-22H,3,8H2,1-2,4-7H3. The third-order valence-corrected chi connectivity index (χ3v) is 9.66. The Kier molecular flexibility index (Phi) is 5.54. The van der Waals surface area contributed by atoms with Crippen LogP contribution in [0.5, 0.6) is 0 Å². The average molecular weight is 533 g/mol. The summed E-state index contributed by atoms with van der Waals surface area (Å²) in [6.45, 7) is 18.2. The lowest BCUT2D eigenvalue weighted by Gasteiger charge is -2.24. The molecule has 0 saturated heterocycles. The van der Waals surface area contributed by atoms with Crippen LogP contribution in [-0.4, -0.2) is 10.7 Å². The molecule has 2 nitrogen and oxygen atoms in total. The van der Waals surface area contributed by atoms with Gasteiger partial charge in [-0.05, 0) is 98.6 Å². The molecule has 0 unspecified atom stereocenters. The average Bonchev–Trinajstić information content (AvgIpc) is 3.34. The van der Waals surface area contributed by atoms with E-state index >= 15 is 0 Å². The number of benzene rings is 4. The van der Waals surface area contributed by atoms with Crippen LogP contribution in [0.4, 0.5) is 0 Å². The quantitative estimate of drug-likeness (QED) is 0.211. The van der Waals surface area contributed by atoms with Gasteiger partial charge in [-0.15, -0.1) is 0 Å². The molecular formula is C39H36N2. The predicted octanol–water partition coefficient (Wildman–Crippen LogP) is 9.89. The Bertz CT molecular complexity index is 1950. The van der Waals surface area contributed by atoms with Gasteiger partial charge in [0.1, 0.15) is 0 Å². The lowest BCUT2D eigenvalue weighted by Crippen LogP contribution is -2.17. The van der Waals surface area contributed by atoms with Gasteiger partial charge in [0.2, 0.25) is 0 Å². The van der Waals surface area contributed by atoms with E-state index in [1.54, 1.807) is 0 Å². The van der Waals surface area contributed by atoms with E-state index in [0.717, 1.165) is 39.7 Å². The monoisotopic (exact) mass is 532 g/mol. The fourth-order valence-corrected chi connectivity index (χ4v) is 7.15. The maximum Gasteiger partial charge on any atom is 0.0640 e. The second-order valence-electron chi connectivity index (χ2n) is 12.7. The molecule has 2 aliphatic rings. The molecule has 4 aromatic carbocycles. The number of pyridine rings is 1. The second-order valence-corrected chi connectivity index (χ2v) is 12.7. The largest absolute Gasteiger partial charge is 0.264 e. The number of nitrogens with zero attached hydrogens (tertiary/aromatic N) is 2. The Morgan fingerprint density at radius 2 is 1.39 bits per heavy atom. The van der Waals surface area contributed by atoms with Gasteiger partial charge >= 0.3 is 0 Å². The van der Waals surface area contributed by atoms with Crippen molar-refractivity contribution in [2.45, 2.75) is 58.8 Å². The van der Waals surface area contributed by atoms with Crippen LogP contribution in [0.15, 0.2) is 96.8 Å².